The van der Waals surface area contributed by atoms with Crippen LogP contribution in [0.5, 0.6) is 0 Å². The first-order valence-corrected chi connectivity index (χ1v) is 2.22. The summed E-state index contributed by atoms with van der Waals surface area (Å²) in [5, 5.41) is 0. The highest BCUT2D eigenvalue weighted by molar-refractivity contribution is 7.17. The summed E-state index contributed by atoms with van der Waals surface area (Å²) >= 11 is 0. The molecule has 0 fully saturated rings. The predicted molar refractivity (Wildman–Crippen MR) is 25.4 cm³/mol. The van der Waals surface area contributed by atoms with Crippen LogP contribution in [0.3, 0.4) is 0 Å². The van der Waals surface area contributed by atoms with E-state index in [4.69, 9.17) is 0 Å². The van der Waals surface area contributed by atoms with E-state index in [9.17, 15) is 0 Å². The van der Waals surface area contributed by atoms with Gasteiger partial charge in [-0.1, -0.05) is 0 Å². The molecular formula is CH6OP2. The van der Waals surface area contributed by atoms with Crippen LogP contribution in [0.15, 0.2) is 0 Å². The topological polar surface area (TPSA) is 9.23 Å². The first-order valence-electron chi connectivity index (χ1n) is 0.933. The zero-order valence-corrected chi connectivity index (χ0v) is 4.58. The predicted octanol–water partition coefficient (Wildman–Crippen LogP) is 0.626. The Balaban J connectivity index is 1.97. The van der Waals surface area contributed by atoms with Crippen molar-refractivity contribution in [3.05, 3.63) is 0 Å². The molecule has 26 valence electrons. The average Bonchev–Trinajstić information content (AvgIpc) is 1.37. The van der Waals surface area contributed by atoms with E-state index in [1.54, 1.807) is 0 Å². The van der Waals surface area contributed by atoms with E-state index < -0.39 is 0 Å². The number of hydrogen-bond acceptors (Lipinski definition) is 1. The smallest absolute Gasteiger partial charge is 0.0637 e. The highest BCUT2D eigenvalue weighted by Gasteiger charge is 1.51. The maximum atomic E-state index is 4.42. The van der Waals surface area contributed by atoms with Crippen molar-refractivity contribution in [3.63, 3.8) is 0 Å². The second-order valence-electron chi connectivity index (χ2n) is 0.333. The van der Waals surface area contributed by atoms with Crippen molar-refractivity contribution in [2.45, 2.75) is 0 Å². The van der Waals surface area contributed by atoms with E-state index in [1.165, 1.54) is 0 Å². The monoisotopic (exact) mass is 96.0 g/mol. The van der Waals surface area contributed by atoms with Gasteiger partial charge in [-0.15, -0.1) is 9.24 Å². The first kappa shape index (κ1) is 4.82. The van der Waals surface area contributed by atoms with Crippen LogP contribution >= 0.6 is 18.7 Å². The van der Waals surface area contributed by atoms with Gasteiger partial charge >= 0.3 is 0 Å². The van der Waals surface area contributed by atoms with Gasteiger partial charge in [0.1, 0.15) is 0 Å². The Morgan fingerprint density at radius 2 is 2.00 bits per heavy atom. The fraction of sp³-hybridized carbons (Fsp3) is 1.00. The van der Waals surface area contributed by atoms with E-state index >= 15 is 0 Å². The van der Waals surface area contributed by atoms with Crippen molar-refractivity contribution in [2.75, 3.05) is 6.35 Å². The van der Waals surface area contributed by atoms with Gasteiger partial charge < -0.3 is 4.52 Å². The maximum Gasteiger partial charge on any atom is 0.0637 e. The van der Waals surface area contributed by atoms with Gasteiger partial charge in [-0.2, -0.15) is 0 Å². The van der Waals surface area contributed by atoms with Gasteiger partial charge in [-0.3, -0.25) is 0 Å². The Morgan fingerprint density at radius 3 is 2.00 bits per heavy atom. The molecule has 0 aliphatic heterocycles. The lowest BCUT2D eigenvalue weighted by Gasteiger charge is -1.76. The Labute approximate surface area is 30.6 Å². The van der Waals surface area contributed by atoms with E-state index in [-0.39, 0.29) is 0 Å². The molecule has 0 aromatic carbocycles. The van der Waals surface area contributed by atoms with Crippen LogP contribution in [0, 0.1) is 0 Å². The van der Waals surface area contributed by atoms with Crippen molar-refractivity contribution in [3.8, 4) is 0 Å². The van der Waals surface area contributed by atoms with Crippen LogP contribution in [-0.4, -0.2) is 6.35 Å². The Hall–Kier alpha value is 0.820. The van der Waals surface area contributed by atoms with Gasteiger partial charge in [-0.05, 0) is 0 Å². The highest BCUT2D eigenvalue weighted by Crippen LogP contribution is 1.87. The highest BCUT2D eigenvalue weighted by atomic mass is 31.0. The molecule has 0 N–H and O–H groups in total. The molecule has 1 nitrogen and oxygen atoms in total. The summed E-state index contributed by atoms with van der Waals surface area (Å²) in [5.74, 6) is 0. The van der Waals surface area contributed by atoms with Crippen molar-refractivity contribution < 1.29 is 4.52 Å². The van der Waals surface area contributed by atoms with Gasteiger partial charge in [0, 0.05) is 9.47 Å². The Kier molecular flexibility index (Phi) is 4.60. The van der Waals surface area contributed by atoms with E-state index in [0.29, 0.717) is 6.35 Å². The molecule has 0 saturated carbocycles. The first-order chi connectivity index (χ1) is 1.91. The van der Waals surface area contributed by atoms with Crippen LogP contribution in [-0.2, 0) is 4.52 Å². The lowest BCUT2D eigenvalue weighted by Crippen LogP contribution is -1.55. The fourth-order valence-electron chi connectivity index (χ4n) is 0. The van der Waals surface area contributed by atoms with Crippen molar-refractivity contribution in [1.82, 2.24) is 0 Å². The molecule has 0 rings (SSSR count). The molecule has 0 aromatic rings. The fourth-order valence-corrected chi connectivity index (χ4v) is 0. The van der Waals surface area contributed by atoms with Gasteiger partial charge in [-0.25, -0.2) is 0 Å². The molecule has 0 aliphatic carbocycles. The molecule has 0 radical (unpaired) electrons. The summed E-state index contributed by atoms with van der Waals surface area (Å²) in [6.45, 7) is 0. The Bertz CT molecular complexity index is 8.00. The van der Waals surface area contributed by atoms with Gasteiger partial charge in [0.2, 0.25) is 0 Å². The quantitative estimate of drug-likeness (QED) is 0.435. The molecule has 0 bridgehead atoms. The second kappa shape index (κ2) is 3.82. The summed E-state index contributed by atoms with van der Waals surface area (Å²) in [6, 6.07) is 0. The third kappa shape index (κ3) is 2.82. The minimum absolute atomic E-state index is 0.699. The molecule has 0 aliphatic rings. The molecular weight excluding hydrogens is 90.0 g/mol. The minimum Gasteiger partial charge on any atom is -0.362 e. The minimum atomic E-state index is 0.699. The largest absolute Gasteiger partial charge is 0.362 e. The van der Waals surface area contributed by atoms with E-state index in [1.807, 2.05) is 0 Å². The summed E-state index contributed by atoms with van der Waals surface area (Å²) in [4.78, 5) is 0. The molecule has 0 spiro atoms. The second-order valence-corrected chi connectivity index (χ2v) is 1.00. The Morgan fingerprint density at radius 1 is 1.75 bits per heavy atom. The normalized spacial score (nSPS) is 7.50. The molecule has 0 saturated heterocycles. The van der Waals surface area contributed by atoms with Crippen molar-refractivity contribution in [2.24, 2.45) is 0 Å². The van der Waals surface area contributed by atoms with Gasteiger partial charge in [0.15, 0.2) is 0 Å². The number of rotatable bonds is 1. The van der Waals surface area contributed by atoms with Crippen molar-refractivity contribution in [1.29, 1.82) is 0 Å². The standard InChI is InChI=1S/CH6OP2/c3-1-2-4/h1,3-4H2. The molecule has 2 atom stereocenters. The summed E-state index contributed by atoms with van der Waals surface area (Å²) in [6.07, 6.45) is 0.699. The molecule has 0 heterocycles. The lowest BCUT2D eigenvalue weighted by molar-refractivity contribution is 0.462. The zero-order valence-electron chi connectivity index (χ0n) is 2.27. The lowest BCUT2D eigenvalue weighted by atomic mass is 11.7. The van der Waals surface area contributed by atoms with Crippen LogP contribution in [0.1, 0.15) is 0 Å². The summed E-state index contributed by atoms with van der Waals surface area (Å²) < 4.78 is 4.42. The third-order valence-corrected chi connectivity index (χ3v) is 0.866. The van der Waals surface area contributed by atoms with Crippen LogP contribution in [0.4, 0.5) is 0 Å². The summed E-state index contributed by atoms with van der Waals surface area (Å²) in [5.41, 5.74) is 0. The number of hydrogen-bond donors (Lipinski definition) is 0. The molecule has 3 heteroatoms. The van der Waals surface area contributed by atoms with Crippen LogP contribution in [0.2, 0.25) is 0 Å². The molecule has 0 amide bonds. The van der Waals surface area contributed by atoms with Crippen LogP contribution in [0.25, 0.3) is 0 Å². The molecule has 4 heavy (non-hydrogen) atoms. The maximum absolute atomic E-state index is 4.42. The van der Waals surface area contributed by atoms with Gasteiger partial charge in [0.25, 0.3) is 0 Å². The average molecular weight is 96.0 g/mol. The van der Waals surface area contributed by atoms with E-state index in [2.05, 4.69) is 23.2 Å². The van der Waals surface area contributed by atoms with Crippen LogP contribution < -0.4 is 0 Å². The van der Waals surface area contributed by atoms with E-state index in [0.717, 1.165) is 0 Å². The summed E-state index contributed by atoms with van der Waals surface area (Å²) in [7, 11) is 4.55. The zero-order chi connectivity index (χ0) is 3.41. The molecule has 0 aromatic heterocycles. The third-order valence-electron chi connectivity index (χ3n) is 0.0962. The molecule has 2 unspecified atom stereocenters. The van der Waals surface area contributed by atoms with Gasteiger partial charge in [0.05, 0.1) is 6.35 Å². The SMILES string of the molecule is PCOP. The van der Waals surface area contributed by atoms with Crippen molar-refractivity contribution >= 4 is 18.7 Å².